The van der Waals surface area contributed by atoms with Crippen molar-refractivity contribution in [3.8, 4) is 0 Å². The Hall–Kier alpha value is -1.13. The summed E-state index contributed by atoms with van der Waals surface area (Å²) in [7, 11) is 0. The molecule has 0 saturated heterocycles. The number of hydrogen-bond donors (Lipinski definition) is 0. The third-order valence-electron chi connectivity index (χ3n) is 1.73. The van der Waals surface area contributed by atoms with E-state index >= 15 is 0 Å². The number of rotatable bonds is 5. The van der Waals surface area contributed by atoms with Crippen molar-refractivity contribution in [1.29, 1.82) is 0 Å². The van der Waals surface area contributed by atoms with E-state index in [1.54, 1.807) is 12.1 Å². The smallest absolute Gasteiger partial charge is 0.339 e. The molecule has 0 unspecified atom stereocenters. The lowest BCUT2D eigenvalue weighted by molar-refractivity contribution is 0.0176. The van der Waals surface area contributed by atoms with E-state index in [1.165, 1.54) is 6.20 Å². The minimum Gasteiger partial charge on any atom is -0.460 e. The molecule has 0 fully saturated rings. The molecule has 0 aliphatic carbocycles. The molecule has 0 amide bonds. The van der Waals surface area contributed by atoms with Gasteiger partial charge in [0.15, 0.2) is 0 Å². The second kappa shape index (κ2) is 6.45. The molecule has 0 radical (unpaired) electrons. The van der Waals surface area contributed by atoms with Crippen molar-refractivity contribution in [3.63, 3.8) is 0 Å². The van der Waals surface area contributed by atoms with E-state index < -0.39 is 5.97 Å². The molecular formula is C11H14ClNO3. The second-order valence-electron chi connectivity index (χ2n) is 3.43. The van der Waals surface area contributed by atoms with Gasteiger partial charge in [-0.2, -0.15) is 0 Å². The molecule has 1 rings (SSSR count). The Morgan fingerprint density at radius 1 is 1.44 bits per heavy atom. The van der Waals surface area contributed by atoms with Gasteiger partial charge in [0, 0.05) is 6.20 Å². The zero-order valence-corrected chi connectivity index (χ0v) is 10.0. The first-order valence-electron chi connectivity index (χ1n) is 5.00. The van der Waals surface area contributed by atoms with Crippen LogP contribution in [0.2, 0.25) is 5.15 Å². The van der Waals surface area contributed by atoms with Crippen molar-refractivity contribution in [2.45, 2.75) is 20.0 Å². The predicted octanol–water partition coefficient (Wildman–Crippen LogP) is 2.32. The summed E-state index contributed by atoms with van der Waals surface area (Å²) in [5.41, 5.74) is 0.383. The summed E-state index contributed by atoms with van der Waals surface area (Å²) in [6.45, 7) is 4.47. The normalized spacial score (nSPS) is 10.5. The SMILES string of the molecule is CC(C)OCCOC(=O)c1ccc(Cl)nc1. The lowest BCUT2D eigenvalue weighted by Gasteiger charge is -2.08. The van der Waals surface area contributed by atoms with Crippen molar-refractivity contribution in [3.05, 3.63) is 29.0 Å². The molecule has 1 aromatic heterocycles. The molecule has 88 valence electrons. The number of hydrogen-bond acceptors (Lipinski definition) is 4. The number of carbonyl (C=O) groups is 1. The molecule has 4 nitrogen and oxygen atoms in total. The van der Waals surface area contributed by atoms with Crippen LogP contribution >= 0.6 is 11.6 Å². The van der Waals surface area contributed by atoms with Gasteiger partial charge in [0.05, 0.1) is 18.3 Å². The van der Waals surface area contributed by atoms with Crippen LogP contribution in [0.3, 0.4) is 0 Å². The van der Waals surface area contributed by atoms with Crippen LogP contribution in [0, 0.1) is 0 Å². The van der Waals surface area contributed by atoms with E-state index in [1.807, 2.05) is 13.8 Å². The van der Waals surface area contributed by atoms with Crippen molar-refractivity contribution in [2.24, 2.45) is 0 Å². The maximum absolute atomic E-state index is 11.4. The Kier molecular flexibility index (Phi) is 5.22. The second-order valence-corrected chi connectivity index (χ2v) is 3.81. The fourth-order valence-electron chi connectivity index (χ4n) is 0.998. The highest BCUT2D eigenvalue weighted by molar-refractivity contribution is 6.29. The molecule has 0 N–H and O–H groups in total. The summed E-state index contributed by atoms with van der Waals surface area (Å²) in [5, 5.41) is 0.347. The molecule has 5 heteroatoms. The molecule has 0 aliphatic rings. The van der Waals surface area contributed by atoms with Crippen LogP contribution in [0.4, 0.5) is 0 Å². The van der Waals surface area contributed by atoms with E-state index in [0.29, 0.717) is 17.3 Å². The maximum atomic E-state index is 11.4. The lowest BCUT2D eigenvalue weighted by Crippen LogP contribution is -2.13. The first-order valence-corrected chi connectivity index (χ1v) is 5.37. The quantitative estimate of drug-likeness (QED) is 0.452. The Morgan fingerprint density at radius 2 is 2.19 bits per heavy atom. The van der Waals surface area contributed by atoms with Crippen LogP contribution in [-0.2, 0) is 9.47 Å². The van der Waals surface area contributed by atoms with Crippen LogP contribution in [0.25, 0.3) is 0 Å². The summed E-state index contributed by atoms with van der Waals surface area (Å²) < 4.78 is 10.2. The standard InChI is InChI=1S/C11H14ClNO3/c1-8(2)15-5-6-16-11(14)9-3-4-10(12)13-7-9/h3-4,7-8H,5-6H2,1-2H3. The number of ether oxygens (including phenoxy) is 2. The molecule has 0 aliphatic heterocycles. The highest BCUT2D eigenvalue weighted by Gasteiger charge is 2.07. The van der Waals surface area contributed by atoms with Crippen LogP contribution in [-0.4, -0.2) is 30.3 Å². The Balaban J connectivity index is 2.32. The first kappa shape index (κ1) is 12.9. The molecule has 1 aromatic rings. The van der Waals surface area contributed by atoms with Crippen molar-refractivity contribution in [2.75, 3.05) is 13.2 Å². The van der Waals surface area contributed by atoms with E-state index in [9.17, 15) is 4.79 Å². The molecule has 0 atom stereocenters. The summed E-state index contributed by atoms with van der Waals surface area (Å²) in [6.07, 6.45) is 1.52. The Morgan fingerprint density at radius 3 is 2.75 bits per heavy atom. The molecule has 0 bridgehead atoms. The minimum absolute atomic E-state index is 0.135. The number of esters is 1. The average molecular weight is 244 g/mol. The minimum atomic E-state index is -0.420. The third-order valence-corrected chi connectivity index (χ3v) is 1.95. The van der Waals surface area contributed by atoms with Gasteiger partial charge in [-0.05, 0) is 26.0 Å². The largest absolute Gasteiger partial charge is 0.460 e. The molecule has 0 aromatic carbocycles. The lowest BCUT2D eigenvalue weighted by atomic mass is 10.3. The van der Waals surface area contributed by atoms with Gasteiger partial charge in [-0.15, -0.1) is 0 Å². The van der Waals surface area contributed by atoms with E-state index in [0.717, 1.165) is 0 Å². The average Bonchev–Trinajstić information content (AvgIpc) is 2.25. The topological polar surface area (TPSA) is 48.4 Å². The van der Waals surface area contributed by atoms with E-state index in [4.69, 9.17) is 21.1 Å². The van der Waals surface area contributed by atoms with Gasteiger partial charge in [-0.1, -0.05) is 11.6 Å². The third kappa shape index (κ3) is 4.59. The summed E-state index contributed by atoms with van der Waals surface area (Å²) in [5.74, 6) is -0.420. The van der Waals surface area contributed by atoms with Gasteiger partial charge < -0.3 is 9.47 Å². The van der Waals surface area contributed by atoms with Gasteiger partial charge in [-0.25, -0.2) is 9.78 Å². The molecular weight excluding hydrogens is 230 g/mol. The van der Waals surface area contributed by atoms with Gasteiger partial charge >= 0.3 is 5.97 Å². The summed E-state index contributed by atoms with van der Waals surface area (Å²) in [4.78, 5) is 15.2. The van der Waals surface area contributed by atoms with Gasteiger partial charge in [-0.3, -0.25) is 0 Å². The van der Waals surface area contributed by atoms with E-state index in [-0.39, 0.29) is 12.7 Å². The Bertz CT molecular complexity index is 338. The molecule has 1 heterocycles. The first-order chi connectivity index (χ1) is 7.59. The van der Waals surface area contributed by atoms with Crippen LogP contribution in [0.1, 0.15) is 24.2 Å². The Labute approximate surface area is 99.5 Å². The van der Waals surface area contributed by atoms with Gasteiger partial charge in [0.2, 0.25) is 0 Å². The number of aromatic nitrogens is 1. The number of nitrogens with zero attached hydrogens (tertiary/aromatic N) is 1. The number of carbonyl (C=O) groups excluding carboxylic acids is 1. The number of pyridine rings is 1. The maximum Gasteiger partial charge on any atom is 0.339 e. The van der Waals surface area contributed by atoms with Gasteiger partial charge in [0.1, 0.15) is 11.8 Å². The molecule has 0 spiro atoms. The van der Waals surface area contributed by atoms with E-state index in [2.05, 4.69) is 4.98 Å². The van der Waals surface area contributed by atoms with Crippen LogP contribution in [0.15, 0.2) is 18.3 Å². The van der Waals surface area contributed by atoms with Crippen molar-refractivity contribution >= 4 is 17.6 Å². The predicted molar refractivity (Wildman–Crippen MR) is 60.6 cm³/mol. The zero-order valence-electron chi connectivity index (χ0n) is 9.27. The van der Waals surface area contributed by atoms with Crippen LogP contribution in [0.5, 0.6) is 0 Å². The fourth-order valence-corrected chi connectivity index (χ4v) is 1.11. The van der Waals surface area contributed by atoms with Crippen LogP contribution < -0.4 is 0 Å². The fraction of sp³-hybridized carbons (Fsp3) is 0.455. The van der Waals surface area contributed by atoms with Gasteiger partial charge in [0.25, 0.3) is 0 Å². The zero-order chi connectivity index (χ0) is 12.0. The monoisotopic (exact) mass is 243 g/mol. The van der Waals surface area contributed by atoms with Crippen molar-refractivity contribution in [1.82, 2.24) is 4.98 Å². The summed E-state index contributed by atoms with van der Waals surface area (Å²) >= 11 is 5.59. The summed E-state index contributed by atoms with van der Waals surface area (Å²) in [6, 6.07) is 3.11. The highest BCUT2D eigenvalue weighted by atomic mass is 35.5. The van der Waals surface area contributed by atoms with Crippen molar-refractivity contribution < 1.29 is 14.3 Å². The highest BCUT2D eigenvalue weighted by Crippen LogP contribution is 2.06. The number of halogens is 1. The molecule has 0 saturated carbocycles. The molecule has 16 heavy (non-hydrogen) atoms.